The molecule has 116 valence electrons. The molecule has 0 atom stereocenters. The average molecular weight is 295 g/mol. The van der Waals surface area contributed by atoms with Crippen LogP contribution < -0.4 is 5.32 Å². The average Bonchev–Trinajstić information content (AvgIpc) is 2.71. The van der Waals surface area contributed by atoms with Crippen molar-refractivity contribution in [1.82, 2.24) is 14.9 Å². The predicted molar refractivity (Wildman–Crippen MR) is 76.9 cm³/mol. The minimum Gasteiger partial charge on any atom is -0.476 e. The summed E-state index contributed by atoms with van der Waals surface area (Å²) >= 11 is 0. The van der Waals surface area contributed by atoms with Crippen LogP contribution in [0, 0.1) is 0 Å². The standard InChI is InChI=1S/C14H21N3O4/c1-5-6-17-9-16-12(13(19)20)10(17)7-15-8-11(18)21-14(2,3)4/h5,9,15H,1,6-8H2,2-4H3,(H,19,20). The Labute approximate surface area is 123 Å². The number of imidazole rings is 1. The van der Waals surface area contributed by atoms with Crippen molar-refractivity contribution < 1.29 is 19.4 Å². The Hall–Kier alpha value is -2.15. The molecule has 0 unspecified atom stereocenters. The Balaban J connectivity index is 2.66. The molecule has 7 nitrogen and oxygen atoms in total. The highest BCUT2D eigenvalue weighted by Crippen LogP contribution is 2.09. The number of hydrogen-bond donors (Lipinski definition) is 2. The number of carboxylic acid groups (broad SMARTS) is 1. The number of carbonyl (C=O) groups excluding carboxylic acids is 1. The van der Waals surface area contributed by atoms with E-state index >= 15 is 0 Å². The summed E-state index contributed by atoms with van der Waals surface area (Å²) in [6.07, 6.45) is 3.08. The summed E-state index contributed by atoms with van der Waals surface area (Å²) in [4.78, 5) is 26.5. The number of rotatable bonds is 7. The predicted octanol–water partition coefficient (Wildman–Crippen LogP) is 1.20. The molecule has 0 fully saturated rings. The topological polar surface area (TPSA) is 93.5 Å². The van der Waals surface area contributed by atoms with E-state index in [2.05, 4.69) is 16.9 Å². The lowest BCUT2D eigenvalue weighted by Gasteiger charge is -2.19. The van der Waals surface area contributed by atoms with Gasteiger partial charge in [-0.05, 0) is 20.8 Å². The van der Waals surface area contributed by atoms with E-state index in [1.165, 1.54) is 6.33 Å². The molecule has 0 spiro atoms. The van der Waals surface area contributed by atoms with Gasteiger partial charge < -0.3 is 19.7 Å². The maximum atomic E-state index is 11.6. The number of carboxylic acids is 1. The Morgan fingerprint density at radius 2 is 2.19 bits per heavy atom. The molecule has 0 amide bonds. The first-order valence-electron chi connectivity index (χ1n) is 6.55. The van der Waals surface area contributed by atoms with Crippen molar-refractivity contribution in [3.8, 4) is 0 Å². The molecule has 2 N–H and O–H groups in total. The van der Waals surface area contributed by atoms with Crippen molar-refractivity contribution >= 4 is 11.9 Å². The lowest BCUT2D eigenvalue weighted by Crippen LogP contribution is -2.32. The molecule has 0 radical (unpaired) electrons. The minimum absolute atomic E-state index is 0.00437. The maximum absolute atomic E-state index is 11.6. The Morgan fingerprint density at radius 3 is 2.71 bits per heavy atom. The second kappa shape index (κ2) is 7.03. The number of aromatic carboxylic acids is 1. The highest BCUT2D eigenvalue weighted by molar-refractivity contribution is 5.86. The van der Waals surface area contributed by atoms with Gasteiger partial charge in [-0.25, -0.2) is 9.78 Å². The largest absolute Gasteiger partial charge is 0.476 e. The second-order valence-corrected chi connectivity index (χ2v) is 5.48. The molecule has 7 heteroatoms. The Morgan fingerprint density at radius 1 is 1.52 bits per heavy atom. The number of hydrogen-bond acceptors (Lipinski definition) is 5. The SMILES string of the molecule is C=CCn1cnc(C(=O)O)c1CNCC(=O)OC(C)(C)C. The fourth-order valence-electron chi connectivity index (χ4n) is 1.73. The van der Waals surface area contributed by atoms with E-state index in [0.29, 0.717) is 12.2 Å². The molecular formula is C14H21N3O4. The van der Waals surface area contributed by atoms with Crippen LogP contribution in [-0.2, 0) is 22.6 Å². The van der Waals surface area contributed by atoms with E-state index in [-0.39, 0.29) is 18.8 Å². The second-order valence-electron chi connectivity index (χ2n) is 5.48. The van der Waals surface area contributed by atoms with Crippen LogP contribution in [-0.4, -0.2) is 38.7 Å². The first kappa shape index (κ1) is 16.9. The van der Waals surface area contributed by atoms with Gasteiger partial charge >= 0.3 is 11.9 Å². The number of nitrogens with one attached hydrogen (secondary N) is 1. The molecule has 0 aliphatic heterocycles. The zero-order chi connectivity index (χ0) is 16.0. The van der Waals surface area contributed by atoms with Crippen molar-refractivity contribution in [2.45, 2.75) is 39.5 Å². The van der Waals surface area contributed by atoms with Gasteiger partial charge in [-0.1, -0.05) is 6.08 Å². The van der Waals surface area contributed by atoms with Crippen LogP contribution in [0.5, 0.6) is 0 Å². The van der Waals surface area contributed by atoms with Crippen molar-refractivity contribution in [2.24, 2.45) is 0 Å². The molecule has 0 aliphatic carbocycles. The van der Waals surface area contributed by atoms with Gasteiger partial charge in [-0.3, -0.25) is 4.79 Å². The van der Waals surface area contributed by atoms with Crippen LogP contribution >= 0.6 is 0 Å². The first-order chi connectivity index (χ1) is 9.74. The van der Waals surface area contributed by atoms with Gasteiger partial charge in [0.25, 0.3) is 0 Å². The number of nitrogens with zero attached hydrogens (tertiary/aromatic N) is 2. The van der Waals surface area contributed by atoms with E-state index < -0.39 is 17.5 Å². The normalized spacial score (nSPS) is 11.2. The maximum Gasteiger partial charge on any atom is 0.356 e. The number of carbonyl (C=O) groups is 2. The van der Waals surface area contributed by atoms with E-state index in [9.17, 15) is 9.59 Å². The molecular weight excluding hydrogens is 274 g/mol. The number of esters is 1. The number of aromatic nitrogens is 2. The molecule has 1 heterocycles. The van der Waals surface area contributed by atoms with E-state index in [1.807, 2.05) is 0 Å². The third-order valence-electron chi connectivity index (χ3n) is 2.46. The zero-order valence-corrected chi connectivity index (χ0v) is 12.5. The number of allylic oxidation sites excluding steroid dienone is 1. The van der Waals surface area contributed by atoms with Gasteiger partial charge in [0.05, 0.1) is 18.6 Å². The quantitative estimate of drug-likeness (QED) is 0.580. The van der Waals surface area contributed by atoms with E-state index in [1.54, 1.807) is 31.4 Å². The summed E-state index contributed by atoms with van der Waals surface area (Å²) in [7, 11) is 0. The summed E-state index contributed by atoms with van der Waals surface area (Å²) < 4.78 is 6.82. The molecule has 0 aromatic carbocycles. The summed E-state index contributed by atoms with van der Waals surface area (Å²) in [6.45, 7) is 9.61. The van der Waals surface area contributed by atoms with Crippen LogP contribution in [0.15, 0.2) is 19.0 Å². The fraction of sp³-hybridized carbons (Fsp3) is 0.500. The number of ether oxygens (including phenoxy) is 1. The third kappa shape index (κ3) is 5.39. The molecule has 0 saturated heterocycles. The van der Waals surface area contributed by atoms with Gasteiger partial charge in [0, 0.05) is 13.1 Å². The fourth-order valence-corrected chi connectivity index (χ4v) is 1.73. The van der Waals surface area contributed by atoms with Gasteiger partial charge in [0.15, 0.2) is 5.69 Å². The van der Waals surface area contributed by atoms with Crippen LogP contribution in [0.2, 0.25) is 0 Å². The molecule has 1 aromatic heterocycles. The van der Waals surface area contributed by atoms with Crippen molar-refractivity contribution in [2.75, 3.05) is 6.54 Å². The van der Waals surface area contributed by atoms with Gasteiger partial charge in [-0.2, -0.15) is 0 Å². The summed E-state index contributed by atoms with van der Waals surface area (Å²) in [5.74, 6) is -1.50. The molecule has 1 aromatic rings. The van der Waals surface area contributed by atoms with Crippen LogP contribution in [0.3, 0.4) is 0 Å². The van der Waals surface area contributed by atoms with E-state index in [4.69, 9.17) is 9.84 Å². The highest BCUT2D eigenvalue weighted by atomic mass is 16.6. The lowest BCUT2D eigenvalue weighted by atomic mass is 10.2. The molecule has 1 rings (SSSR count). The van der Waals surface area contributed by atoms with Gasteiger partial charge in [0.2, 0.25) is 0 Å². The van der Waals surface area contributed by atoms with E-state index in [0.717, 1.165) is 0 Å². The van der Waals surface area contributed by atoms with Crippen LogP contribution in [0.1, 0.15) is 37.0 Å². The first-order valence-corrected chi connectivity index (χ1v) is 6.55. The Kier molecular flexibility index (Phi) is 5.66. The minimum atomic E-state index is -1.10. The molecule has 0 aliphatic rings. The van der Waals surface area contributed by atoms with Crippen LogP contribution in [0.25, 0.3) is 0 Å². The molecule has 21 heavy (non-hydrogen) atoms. The zero-order valence-electron chi connectivity index (χ0n) is 12.5. The van der Waals surface area contributed by atoms with Crippen molar-refractivity contribution in [3.05, 3.63) is 30.4 Å². The monoisotopic (exact) mass is 295 g/mol. The summed E-state index contributed by atoms with van der Waals surface area (Å²) in [6, 6.07) is 0. The molecule has 0 bridgehead atoms. The Bertz CT molecular complexity index is 529. The summed E-state index contributed by atoms with van der Waals surface area (Å²) in [5.41, 5.74) is -0.0882. The van der Waals surface area contributed by atoms with Crippen molar-refractivity contribution in [3.63, 3.8) is 0 Å². The van der Waals surface area contributed by atoms with Gasteiger partial charge in [0.1, 0.15) is 5.60 Å². The lowest BCUT2D eigenvalue weighted by molar-refractivity contribution is -0.153. The third-order valence-corrected chi connectivity index (χ3v) is 2.46. The smallest absolute Gasteiger partial charge is 0.356 e. The van der Waals surface area contributed by atoms with Gasteiger partial charge in [-0.15, -0.1) is 6.58 Å². The van der Waals surface area contributed by atoms with Crippen LogP contribution in [0.4, 0.5) is 0 Å². The molecule has 0 saturated carbocycles. The highest BCUT2D eigenvalue weighted by Gasteiger charge is 2.18. The summed E-state index contributed by atoms with van der Waals surface area (Å²) in [5, 5.41) is 12.0. The van der Waals surface area contributed by atoms with Crippen molar-refractivity contribution in [1.29, 1.82) is 0 Å².